The van der Waals surface area contributed by atoms with Crippen molar-refractivity contribution < 1.29 is 8.42 Å². The summed E-state index contributed by atoms with van der Waals surface area (Å²) in [6, 6.07) is 0. The summed E-state index contributed by atoms with van der Waals surface area (Å²) < 4.78 is 21.6. The van der Waals surface area contributed by atoms with Crippen LogP contribution in [0.15, 0.2) is 10.2 Å². The lowest BCUT2D eigenvalue weighted by Gasteiger charge is -2.06. The molecule has 1 rings (SSSR count). The first kappa shape index (κ1) is 12.8. The molecule has 0 saturated carbocycles. The Kier molecular flexibility index (Phi) is 4.28. The molecule has 2 N–H and O–H groups in total. The lowest BCUT2D eigenvalue weighted by molar-refractivity contribution is 0.529. The fraction of sp³-hybridized carbons (Fsp3) is 1.00. The number of nitrogens with two attached hydrogens (primary N) is 1. The Morgan fingerprint density at radius 3 is 2.15 bits per heavy atom. The van der Waals surface area contributed by atoms with Crippen LogP contribution >= 0.6 is 12.4 Å². The number of hydrogen-bond acceptors (Lipinski definition) is 5. The summed E-state index contributed by atoms with van der Waals surface area (Å²) in [5, 5.41) is 7.61. The van der Waals surface area contributed by atoms with Crippen molar-refractivity contribution in [3.63, 3.8) is 0 Å². The zero-order valence-electron chi connectivity index (χ0n) is 7.43. The van der Waals surface area contributed by atoms with Gasteiger partial charge in [-0.05, 0) is 6.54 Å². The Morgan fingerprint density at radius 2 is 1.85 bits per heavy atom. The van der Waals surface area contributed by atoms with Crippen molar-refractivity contribution in [3.05, 3.63) is 0 Å². The Morgan fingerprint density at radius 1 is 1.31 bits per heavy atom. The number of nitrogens with zero attached hydrogens (tertiary/aromatic N) is 2. The molecule has 7 heteroatoms. The maximum atomic E-state index is 10.8. The van der Waals surface area contributed by atoms with Crippen LogP contribution in [0.2, 0.25) is 0 Å². The highest BCUT2D eigenvalue weighted by molar-refractivity contribution is 7.90. The second-order valence-corrected chi connectivity index (χ2v) is 5.36. The van der Waals surface area contributed by atoms with E-state index in [-0.39, 0.29) is 18.2 Å². The molecule has 13 heavy (non-hydrogen) atoms. The van der Waals surface area contributed by atoms with Gasteiger partial charge in [0.15, 0.2) is 5.66 Å². The lowest BCUT2D eigenvalue weighted by Crippen LogP contribution is -2.20. The van der Waals surface area contributed by atoms with Gasteiger partial charge in [-0.15, -0.1) is 12.4 Å². The van der Waals surface area contributed by atoms with E-state index in [9.17, 15) is 8.42 Å². The van der Waals surface area contributed by atoms with Crippen LogP contribution in [0.25, 0.3) is 0 Å². The number of sulfone groups is 1. The van der Waals surface area contributed by atoms with Crippen molar-refractivity contribution in [2.75, 3.05) is 18.6 Å². The number of halogens is 1. The van der Waals surface area contributed by atoms with Crippen LogP contribution in [0.5, 0.6) is 0 Å². The van der Waals surface area contributed by atoms with E-state index in [4.69, 9.17) is 5.73 Å². The molecular formula is C6H14ClN3O2S. The van der Waals surface area contributed by atoms with Gasteiger partial charge in [0.1, 0.15) is 9.84 Å². The van der Waals surface area contributed by atoms with E-state index in [2.05, 4.69) is 10.2 Å². The minimum absolute atomic E-state index is 0. The summed E-state index contributed by atoms with van der Waals surface area (Å²) >= 11 is 0. The van der Waals surface area contributed by atoms with Crippen LogP contribution in [0.1, 0.15) is 12.8 Å². The highest BCUT2D eigenvalue weighted by Crippen LogP contribution is 2.35. The van der Waals surface area contributed by atoms with Crippen molar-refractivity contribution in [2.45, 2.75) is 18.5 Å². The number of hydrogen-bond donors (Lipinski definition) is 1. The second kappa shape index (κ2) is 4.34. The molecule has 0 unspecified atom stereocenters. The van der Waals surface area contributed by atoms with Gasteiger partial charge in [-0.3, -0.25) is 0 Å². The predicted octanol–water partition coefficient (Wildman–Crippen LogP) is 0.354. The third-order valence-electron chi connectivity index (χ3n) is 1.80. The molecular weight excluding hydrogens is 214 g/mol. The second-order valence-electron chi connectivity index (χ2n) is 3.10. The Hall–Kier alpha value is -0.200. The predicted molar refractivity (Wildman–Crippen MR) is 52.8 cm³/mol. The maximum Gasteiger partial charge on any atom is 0.193 e. The SMILES string of the molecule is CS(=O)(=O)CCC1(CCN)N=N1.Cl. The minimum Gasteiger partial charge on any atom is -0.330 e. The smallest absolute Gasteiger partial charge is 0.193 e. The van der Waals surface area contributed by atoms with Gasteiger partial charge in [-0.2, -0.15) is 10.2 Å². The summed E-state index contributed by atoms with van der Waals surface area (Å²) in [5.41, 5.74) is 4.88. The molecule has 1 aliphatic heterocycles. The summed E-state index contributed by atoms with van der Waals surface area (Å²) in [5.74, 6) is 0.139. The molecule has 0 aliphatic carbocycles. The van der Waals surface area contributed by atoms with Gasteiger partial charge in [0, 0.05) is 19.1 Å². The normalized spacial score (nSPS) is 18.0. The summed E-state index contributed by atoms with van der Waals surface area (Å²) in [4.78, 5) is 0. The molecule has 5 nitrogen and oxygen atoms in total. The van der Waals surface area contributed by atoms with Gasteiger partial charge >= 0.3 is 0 Å². The van der Waals surface area contributed by atoms with E-state index in [1.165, 1.54) is 6.26 Å². The Bertz CT molecular complexity index is 282. The molecule has 0 bridgehead atoms. The van der Waals surface area contributed by atoms with Crippen molar-refractivity contribution in [3.8, 4) is 0 Å². The molecule has 0 spiro atoms. The highest BCUT2D eigenvalue weighted by Gasteiger charge is 2.39. The van der Waals surface area contributed by atoms with Crippen LogP contribution in [0.3, 0.4) is 0 Å². The first-order valence-electron chi connectivity index (χ1n) is 3.79. The van der Waals surface area contributed by atoms with Crippen LogP contribution < -0.4 is 5.73 Å². The first-order valence-corrected chi connectivity index (χ1v) is 5.85. The molecule has 0 amide bonds. The average molecular weight is 228 g/mol. The Balaban J connectivity index is 0.00000144. The quantitative estimate of drug-likeness (QED) is 0.736. The van der Waals surface area contributed by atoms with Crippen LogP contribution in [-0.2, 0) is 9.84 Å². The summed E-state index contributed by atoms with van der Waals surface area (Å²) in [6.07, 6.45) is 2.34. The first-order chi connectivity index (χ1) is 5.47. The standard InChI is InChI=1S/C6H13N3O2S.ClH/c1-12(10,11)5-3-6(2-4-7)8-9-6;/h2-5,7H2,1H3;1H. The molecule has 78 valence electrons. The van der Waals surface area contributed by atoms with Gasteiger partial charge in [0.2, 0.25) is 0 Å². The molecule has 0 aromatic heterocycles. The fourth-order valence-corrected chi connectivity index (χ4v) is 1.67. The van der Waals surface area contributed by atoms with Gasteiger partial charge in [0.25, 0.3) is 0 Å². The maximum absolute atomic E-state index is 10.8. The lowest BCUT2D eigenvalue weighted by atomic mass is 10.1. The van der Waals surface area contributed by atoms with Crippen LogP contribution in [0.4, 0.5) is 0 Å². The molecule has 0 fully saturated rings. The zero-order chi connectivity index (χ0) is 9.24. The largest absolute Gasteiger partial charge is 0.330 e. The molecule has 0 radical (unpaired) electrons. The van der Waals surface area contributed by atoms with E-state index in [0.29, 0.717) is 19.4 Å². The van der Waals surface area contributed by atoms with E-state index >= 15 is 0 Å². The van der Waals surface area contributed by atoms with Crippen molar-refractivity contribution in [1.29, 1.82) is 0 Å². The minimum atomic E-state index is -2.90. The van der Waals surface area contributed by atoms with E-state index < -0.39 is 15.5 Å². The van der Waals surface area contributed by atoms with Gasteiger partial charge in [0.05, 0.1) is 5.75 Å². The zero-order valence-corrected chi connectivity index (χ0v) is 9.07. The molecule has 0 aromatic rings. The van der Waals surface area contributed by atoms with Crippen molar-refractivity contribution in [2.24, 2.45) is 16.0 Å². The van der Waals surface area contributed by atoms with Gasteiger partial charge in [-0.25, -0.2) is 8.42 Å². The van der Waals surface area contributed by atoms with Crippen LogP contribution in [0, 0.1) is 0 Å². The number of rotatable bonds is 5. The summed E-state index contributed by atoms with van der Waals surface area (Å²) in [7, 11) is -2.90. The van der Waals surface area contributed by atoms with Crippen molar-refractivity contribution in [1.82, 2.24) is 0 Å². The van der Waals surface area contributed by atoms with Crippen LogP contribution in [-0.4, -0.2) is 32.6 Å². The highest BCUT2D eigenvalue weighted by atomic mass is 35.5. The van der Waals surface area contributed by atoms with E-state index in [1.54, 1.807) is 0 Å². The van der Waals surface area contributed by atoms with E-state index in [1.807, 2.05) is 0 Å². The molecule has 0 saturated heterocycles. The molecule has 0 atom stereocenters. The molecule has 1 heterocycles. The molecule has 1 aliphatic rings. The fourth-order valence-electron chi connectivity index (χ4n) is 0.976. The Labute approximate surface area is 84.1 Å². The molecule has 0 aromatic carbocycles. The van der Waals surface area contributed by atoms with Gasteiger partial charge in [-0.1, -0.05) is 0 Å². The monoisotopic (exact) mass is 227 g/mol. The van der Waals surface area contributed by atoms with E-state index in [0.717, 1.165) is 0 Å². The third-order valence-corrected chi connectivity index (χ3v) is 2.75. The van der Waals surface area contributed by atoms with Crippen molar-refractivity contribution >= 4 is 22.2 Å². The third kappa shape index (κ3) is 4.54. The summed E-state index contributed by atoms with van der Waals surface area (Å²) in [6.45, 7) is 0.497. The average Bonchev–Trinajstić information content (AvgIpc) is 2.65. The topological polar surface area (TPSA) is 84.9 Å². The van der Waals surface area contributed by atoms with Gasteiger partial charge < -0.3 is 5.73 Å².